The number of benzene rings is 2. The first-order valence-electron chi connectivity index (χ1n) is 14.5. The third-order valence-corrected chi connectivity index (χ3v) is 9.65. The highest BCUT2D eigenvalue weighted by molar-refractivity contribution is 14.1. The molecule has 0 radical (unpaired) electrons. The van der Waals surface area contributed by atoms with Gasteiger partial charge >= 0.3 is 0 Å². The lowest BCUT2D eigenvalue weighted by atomic mass is 9.99. The van der Waals surface area contributed by atoms with E-state index in [4.69, 9.17) is 4.74 Å². The average Bonchev–Trinajstić information content (AvgIpc) is 3.82. The second kappa shape index (κ2) is 15.3. The predicted octanol–water partition coefficient (Wildman–Crippen LogP) is 8.72. The summed E-state index contributed by atoms with van der Waals surface area (Å²) in [4.78, 5) is 14.5. The molecule has 0 spiro atoms. The van der Waals surface area contributed by atoms with Crippen molar-refractivity contribution in [1.29, 1.82) is 0 Å². The zero-order valence-electron chi connectivity index (χ0n) is 23.4. The molecule has 1 heterocycles. The summed E-state index contributed by atoms with van der Waals surface area (Å²) in [6.45, 7) is 5.19. The van der Waals surface area contributed by atoms with Crippen molar-refractivity contribution in [3.63, 3.8) is 0 Å². The van der Waals surface area contributed by atoms with Gasteiger partial charge in [0.2, 0.25) is 0 Å². The van der Waals surface area contributed by atoms with E-state index in [1.165, 1.54) is 18.4 Å². The summed E-state index contributed by atoms with van der Waals surface area (Å²) in [5.74, 6) is 1.33. The minimum Gasteiger partial charge on any atom is -0.378 e. The van der Waals surface area contributed by atoms with E-state index in [0.717, 1.165) is 72.1 Å². The Bertz CT molecular complexity index is 1280. The van der Waals surface area contributed by atoms with E-state index in [0.29, 0.717) is 28.9 Å². The Morgan fingerprint density at radius 2 is 1.69 bits per heavy atom. The first kappa shape index (κ1) is 30.2. The Morgan fingerprint density at radius 1 is 0.949 bits per heavy atom. The Morgan fingerprint density at radius 3 is 2.36 bits per heavy atom. The van der Waals surface area contributed by atoms with Gasteiger partial charge in [0.25, 0.3) is 0 Å². The largest absolute Gasteiger partial charge is 0.378 e. The highest BCUT2D eigenvalue weighted by atomic mass is 127. The van der Waals surface area contributed by atoms with Crippen molar-refractivity contribution < 1.29 is 8.95 Å². The Labute approximate surface area is 250 Å². The number of halogens is 1. The molecule has 1 aliphatic carbocycles. The number of pyridine rings is 1. The maximum atomic E-state index is 13.7. The molecule has 4 nitrogen and oxygen atoms in total. The number of rotatable bonds is 16. The molecule has 210 valence electrons. The van der Waals surface area contributed by atoms with E-state index in [-0.39, 0.29) is 5.43 Å². The maximum Gasteiger partial charge on any atom is 0.197 e. The number of aromatic nitrogens is 1. The summed E-state index contributed by atoms with van der Waals surface area (Å²) in [5, 5.41) is 0. The van der Waals surface area contributed by atoms with Crippen LogP contribution in [0.5, 0.6) is 0 Å². The van der Waals surface area contributed by atoms with Crippen LogP contribution < -0.4 is 5.43 Å². The van der Waals surface area contributed by atoms with Gasteiger partial charge in [-0.25, -0.2) is 0 Å². The Kier molecular flexibility index (Phi) is 11.8. The van der Waals surface area contributed by atoms with Crippen LogP contribution >= 0.6 is 22.6 Å². The number of hydrogen-bond acceptors (Lipinski definition) is 3. The highest BCUT2D eigenvalue weighted by Gasteiger charge is 2.23. The molecule has 0 aliphatic heterocycles. The van der Waals surface area contributed by atoms with Gasteiger partial charge in [0.05, 0.1) is 21.5 Å². The lowest BCUT2D eigenvalue weighted by Gasteiger charge is -2.16. The van der Waals surface area contributed by atoms with Crippen LogP contribution in [0.2, 0.25) is 0 Å². The zero-order chi connectivity index (χ0) is 27.6. The van der Waals surface area contributed by atoms with Crippen molar-refractivity contribution in [2.75, 3.05) is 12.4 Å². The fraction of sp³-hybridized carbons (Fsp3) is 0.485. The molecule has 0 amide bonds. The molecule has 1 saturated carbocycles. The molecule has 1 aliphatic rings. The molecule has 1 fully saturated rings. The van der Waals surface area contributed by atoms with E-state index in [2.05, 4.69) is 65.3 Å². The van der Waals surface area contributed by atoms with Gasteiger partial charge in [-0.2, -0.15) is 0 Å². The SMILES string of the molecule is CCCOC(CCC)CCCCCS(=O)c1cccc(-c2cn(CI)cc(-c3ccc(C4CC4)cc3)c2=O)c1. The van der Waals surface area contributed by atoms with Gasteiger partial charge < -0.3 is 9.30 Å². The van der Waals surface area contributed by atoms with Crippen molar-refractivity contribution >= 4 is 33.4 Å². The summed E-state index contributed by atoms with van der Waals surface area (Å²) in [6, 6.07) is 16.2. The van der Waals surface area contributed by atoms with Crippen molar-refractivity contribution in [2.24, 2.45) is 0 Å². The molecule has 2 aromatic carbocycles. The van der Waals surface area contributed by atoms with Gasteiger partial charge in [0.1, 0.15) is 0 Å². The van der Waals surface area contributed by atoms with E-state index >= 15 is 0 Å². The number of hydrogen-bond donors (Lipinski definition) is 0. The normalized spacial score (nSPS) is 14.8. The Hall–Kier alpha value is -1.77. The maximum absolute atomic E-state index is 13.7. The summed E-state index contributed by atoms with van der Waals surface area (Å²) in [6.07, 6.45) is 14.3. The van der Waals surface area contributed by atoms with Crippen molar-refractivity contribution in [3.05, 3.63) is 76.7 Å². The van der Waals surface area contributed by atoms with Crippen LogP contribution in [-0.2, 0) is 20.1 Å². The third kappa shape index (κ3) is 8.61. The van der Waals surface area contributed by atoms with E-state index < -0.39 is 10.8 Å². The number of nitrogens with zero attached hydrogens (tertiary/aromatic N) is 1. The number of ether oxygens (including phenoxy) is 1. The van der Waals surface area contributed by atoms with E-state index in [1.54, 1.807) is 0 Å². The molecule has 0 N–H and O–H groups in total. The van der Waals surface area contributed by atoms with Gasteiger partial charge in [0.15, 0.2) is 5.43 Å². The molecular weight excluding hydrogens is 617 g/mol. The minimum atomic E-state index is -1.09. The molecule has 2 unspecified atom stereocenters. The van der Waals surface area contributed by atoms with E-state index in [9.17, 15) is 9.00 Å². The van der Waals surface area contributed by atoms with Gasteiger partial charge in [-0.15, -0.1) is 0 Å². The molecule has 0 saturated heterocycles. The summed E-state index contributed by atoms with van der Waals surface area (Å²) in [7, 11) is -1.09. The number of unbranched alkanes of at least 4 members (excludes halogenated alkanes) is 2. The van der Waals surface area contributed by atoms with E-state index in [1.807, 2.05) is 36.7 Å². The topological polar surface area (TPSA) is 48.3 Å². The lowest BCUT2D eigenvalue weighted by molar-refractivity contribution is 0.0399. The first-order chi connectivity index (χ1) is 19.0. The summed E-state index contributed by atoms with van der Waals surface area (Å²) >= 11 is 2.32. The van der Waals surface area contributed by atoms with Gasteiger partial charge in [-0.3, -0.25) is 9.00 Å². The summed E-state index contributed by atoms with van der Waals surface area (Å²) in [5.41, 5.74) is 4.53. The van der Waals surface area contributed by atoms with Crippen LogP contribution in [0.3, 0.4) is 0 Å². The quantitative estimate of drug-likeness (QED) is 0.0879. The minimum absolute atomic E-state index is 0.0186. The molecule has 6 heteroatoms. The molecule has 3 aromatic rings. The standard InChI is InChI=1S/C33H42INO3S/c1-3-9-29(38-19-4-2)11-6-5-7-20-39(37)30-12-8-10-28(21-30)32-23-35(24-34)22-31(33(32)36)27-17-15-26(16-18-27)25-13-14-25/h8,10,12,15-18,21-23,25,29H,3-7,9,11,13-14,19-20,24H2,1-2H3. The second-order valence-electron chi connectivity index (χ2n) is 10.7. The molecule has 1 aromatic heterocycles. The zero-order valence-corrected chi connectivity index (χ0v) is 26.3. The Balaban J connectivity index is 1.43. The third-order valence-electron chi connectivity index (χ3n) is 7.42. The molecule has 2 atom stereocenters. The van der Waals surface area contributed by atoms with Crippen LogP contribution in [0.1, 0.15) is 83.1 Å². The molecule has 4 rings (SSSR count). The van der Waals surface area contributed by atoms with Gasteiger partial charge in [-0.05, 0) is 73.3 Å². The van der Waals surface area contributed by atoms with Crippen LogP contribution in [-0.4, -0.2) is 27.2 Å². The summed E-state index contributed by atoms with van der Waals surface area (Å²) < 4.78 is 21.9. The lowest BCUT2D eigenvalue weighted by Crippen LogP contribution is -2.13. The van der Waals surface area contributed by atoms with Crippen molar-refractivity contribution in [2.45, 2.75) is 93.1 Å². The smallest absolute Gasteiger partial charge is 0.197 e. The van der Waals surface area contributed by atoms with Crippen molar-refractivity contribution in [3.8, 4) is 22.3 Å². The first-order valence-corrected chi connectivity index (χ1v) is 17.4. The van der Waals surface area contributed by atoms with Crippen LogP contribution in [0.25, 0.3) is 22.3 Å². The van der Waals surface area contributed by atoms with Crippen molar-refractivity contribution in [1.82, 2.24) is 4.57 Å². The van der Waals surface area contributed by atoms with Gasteiger partial charge in [-0.1, -0.05) is 92.1 Å². The number of alkyl halides is 1. The fourth-order valence-corrected chi connectivity index (χ4v) is 6.67. The van der Waals surface area contributed by atoms with Crippen LogP contribution in [0.4, 0.5) is 0 Å². The molecule has 0 bridgehead atoms. The van der Waals surface area contributed by atoms with Crippen LogP contribution in [0.15, 0.2) is 70.6 Å². The van der Waals surface area contributed by atoms with Gasteiger partial charge in [0, 0.05) is 40.8 Å². The predicted molar refractivity (Wildman–Crippen MR) is 172 cm³/mol. The monoisotopic (exact) mass is 659 g/mol. The van der Waals surface area contributed by atoms with Crippen LogP contribution in [0, 0.1) is 0 Å². The molecule has 39 heavy (non-hydrogen) atoms. The molecular formula is C33H42INO3S. The fourth-order valence-electron chi connectivity index (χ4n) is 5.09. The highest BCUT2D eigenvalue weighted by Crippen LogP contribution is 2.40. The average molecular weight is 660 g/mol. The second-order valence-corrected chi connectivity index (χ2v) is 12.9.